The van der Waals surface area contributed by atoms with Crippen molar-refractivity contribution in [1.82, 2.24) is 24.8 Å². The van der Waals surface area contributed by atoms with Crippen LogP contribution in [0.2, 0.25) is 0 Å². The van der Waals surface area contributed by atoms with Crippen LogP contribution in [0.25, 0.3) is 16.9 Å². The van der Waals surface area contributed by atoms with E-state index in [1.54, 1.807) is 22.7 Å². The Morgan fingerprint density at radius 1 is 1.20 bits per heavy atom. The van der Waals surface area contributed by atoms with Crippen molar-refractivity contribution in [1.29, 1.82) is 0 Å². The SMILES string of the molecule is O=C(Nc1cc(-c2cccc(F)c2F)[nH]n1)c1ccc2nncn2c1. The van der Waals surface area contributed by atoms with Crippen LogP contribution >= 0.6 is 0 Å². The van der Waals surface area contributed by atoms with Gasteiger partial charge >= 0.3 is 0 Å². The summed E-state index contributed by atoms with van der Waals surface area (Å²) in [6, 6.07) is 8.50. The summed E-state index contributed by atoms with van der Waals surface area (Å²) in [6.45, 7) is 0. The van der Waals surface area contributed by atoms with E-state index < -0.39 is 17.5 Å². The molecule has 7 nitrogen and oxygen atoms in total. The second kappa shape index (κ2) is 5.78. The van der Waals surface area contributed by atoms with E-state index in [0.29, 0.717) is 11.2 Å². The first kappa shape index (κ1) is 14.9. The van der Waals surface area contributed by atoms with Gasteiger partial charge in [-0.25, -0.2) is 8.78 Å². The van der Waals surface area contributed by atoms with Crippen LogP contribution in [0, 0.1) is 11.6 Å². The molecule has 4 aromatic rings. The predicted molar refractivity (Wildman–Crippen MR) is 84.9 cm³/mol. The van der Waals surface area contributed by atoms with Crippen molar-refractivity contribution < 1.29 is 13.6 Å². The number of amides is 1. The van der Waals surface area contributed by atoms with Crippen LogP contribution in [0.15, 0.2) is 48.9 Å². The van der Waals surface area contributed by atoms with E-state index in [9.17, 15) is 13.6 Å². The number of carbonyl (C=O) groups excluding carboxylic acids is 1. The fourth-order valence-corrected chi connectivity index (χ4v) is 2.39. The summed E-state index contributed by atoms with van der Waals surface area (Å²) in [5.74, 6) is -2.16. The maximum atomic E-state index is 13.8. The van der Waals surface area contributed by atoms with Gasteiger partial charge in [0.25, 0.3) is 5.91 Å². The number of anilines is 1. The Kier molecular flexibility index (Phi) is 3.46. The van der Waals surface area contributed by atoms with Crippen molar-refractivity contribution in [3.63, 3.8) is 0 Å². The predicted octanol–water partition coefficient (Wildman–Crippen LogP) is 2.65. The van der Waals surface area contributed by atoms with Crippen LogP contribution in [0.4, 0.5) is 14.6 Å². The summed E-state index contributed by atoms with van der Waals surface area (Å²) in [5.41, 5.74) is 1.26. The molecule has 1 amide bonds. The lowest BCUT2D eigenvalue weighted by Gasteiger charge is -2.02. The van der Waals surface area contributed by atoms with E-state index in [1.807, 2.05) is 0 Å². The van der Waals surface area contributed by atoms with Crippen molar-refractivity contribution in [3.05, 3.63) is 66.1 Å². The van der Waals surface area contributed by atoms with Gasteiger partial charge in [0.1, 0.15) is 6.33 Å². The molecule has 0 spiro atoms. The maximum absolute atomic E-state index is 13.8. The molecule has 25 heavy (non-hydrogen) atoms. The topological polar surface area (TPSA) is 88.0 Å². The second-order valence-corrected chi connectivity index (χ2v) is 5.24. The highest BCUT2D eigenvalue weighted by atomic mass is 19.2. The molecule has 0 saturated carbocycles. The number of aromatic nitrogens is 5. The highest BCUT2D eigenvalue weighted by Gasteiger charge is 2.14. The standard InChI is InChI=1S/C16H10F2N6O/c17-11-3-1-2-10(15(11)18)12-6-13(22-21-12)20-16(25)9-4-5-14-23-19-8-24(14)7-9/h1-8H,(H2,20,21,22,25). The van der Waals surface area contributed by atoms with Gasteiger partial charge in [-0.3, -0.25) is 14.3 Å². The number of nitrogens with zero attached hydrogens (tertiary/aromatic N) is 4. The zero-order valence-corrected chi connectivity index (χ0v) is 12.6. The molecule has 0 aliphatic rings. The van der Waals surface area contributed by atoms with Crippen molar-refractivity contribution >= 4 is 17.4 Å². The molecule has 0 fully saturated rings. The molecule has 124 valence electrons. The van der Waals surface area contributed by atoms with Crippen LogP contribution < -0.4 is 5.32 Å². The molecule has 0 unspecified atom stereocenters. The van der Waals surface area contributed by atoms with Gasteiger partial charge in [0, 0.05) is 17.8 Å². The zero-order chi connectivity index (χ0) is 17.4. The third kappa shape index (κ3) is 2.71. The summed E-state index contributed by atoms with van der Waals surface area (Å²) in [5, 5.41) is 16.7. The van der Waals surface area contributed by atoms with Crippen LogP contribution in [-0.4, -0.2) is 30.7 Å². The number of rotatable bonds is 3. The number of halogens is 2. The molecule has 2 N–H and O–H groups in total. The number of nitrogens with one attached hydrogen (secondary N) is 2. The van der Waals surface area contributed by atoms with Crippen molar-refractivity contribution in [3.8, 4) is 11.3 Å². The summed E-state index contributed by atoms with van der Waals surface area (Å²) in [4.78, 5) is 12.3. The zero-order valence-electron chi connectivity index (χ0n) is 12.6. The minimum atomic E-state index is -0.984. The van der Waals surface area contributed by atoms with Crippen LogP contribution in [0.5, 0.6) is 0 Å². The molecule has 1 aromatic carbocycles. The number of hydrogen-bond acceptors (Lipinski definition) is 4. The fraction of sp³-hybridized carbons (Fsp3) is 0. The minimum absolute atomic E-state index is 0.0268. The quantitative estimate of drug-likeness (QED) is 0.600. The normalized spacial score (nSPS) is 11.0. The van der Waals surface area contributed by atoms with Crippen LogP contribution in [0.3, 0.4) is 0 Å². The van der Waals surface area contributed by atoms with Gasteiger partial charge in [-0.05, 0) is 24.3 Å². The maximum Gasteiger partial charge on any atom is 0.258 e. The number of benzene rings is 1. The van der Waals surface area contributed by atoms with Gasteiger partial charge in [-0.2, -0.15) is 5.10 Å². The van der Waals surface area contributed by atoms with Crippen molar-refractivity contribution in [2.45, 2.75) is 0 Å². The number of pyridine rings is 1. The van der Waals surface area contributed by atoms with Gasteiger partial charge in [-0.15, -0.1) is 10.2 Å². The number of H-pyrrole nitrogens is 1. The number of hydrogen-bond donors (Lipinski definition) is 2. The molecule has 0 bridgehead atoms. The Morgan fingerprint density at radius 3 is 2.96 bits per heavy atom. The molecule has 0 radical (unpaired) electrons. The van der Waals surface area contributed by atoms with E-state index >= 15 is 0 Å². The lowest BCUT2D eigenvalue weighted by atomic mass is 10.1. The van der Waals surface area contributed by atoms with Crippen LogP contribution in [0.1, 0.15) is 10.4 Å². The Bertz CT molecular complexity index is 1090. The first-order valence-corrected chi connectivity index (χ1v) is 7.22. The third-order valence-corrected chi connectivity index (χ3v) is 3.61. The number of carbonyl (C=O) groups is 1. The Morgan fingerprint density at radius 2 is 2.08 bits per heavy atom. The van der Waals surface area contributed by atoms with Gasteiger partial charge in [0.2, 0.25) is 0 Å². The molecular formula is C16H10F2N6O. The molecular weight excluding hydrogens is 330 g/mol. The average Bonchev–Trinajstić information content (AvgIpc) is 3.25. The highest BCUT2D eigenvalue weighted by molar-refractivity contribution is 6.03. The van der Waals surface area contributed by atoms with Crippen molar-refractivity contribution in [2.24, 2.45) is 0 Å². The lowest BCUT2D eigenvalue weighted by molar-refractivity contribution is 0.102. The monoisotopic (exact) mass is 340 g/mol. The summed E-state index contributed by atoms with van der Waals surface area (Å²) in [7, 11) is 0. The van der Waals surface area contributed by atoms with E-state index in [-0.39, 0.29) is 17.1 Å². The Balaban J connectivity index is 1.58. The van der Waals surface area contributed by atoms with Gasteiger partial charge in [0.05, 0.1) is 11.3 Å². The molecule has 3 heterocycles. The highest BCUT2D eigenvalue weighted by Crippen LogP contribution is 2.24. The van der Waals surface area contributed by atoms with Gasteiger partial charge < -0.3 is 5.32 Å². The molecule has 3 aromatic heterocycles. The average molecular weight is 340 g/mol. The van der Waals surface area contributed by atoms with E-state index in [1.165, 1.54) is 24.5 Å². The number of fused-ring (bicyclic) bond motifs is 1. The third-order valence-electron chi connectivity index (χ3n) is 3.61. The fourth-order valence-electron chi connectivity index (χ4n) is 2.39. The molecule has 0 aliphatic carbocycles. The smallest absolute Gasteiger partial charge is 0.258 e. The molecule has 0 saturated heterocycles. The van der Waals surface area contributed by atoms with E-state index in [4.69, 9.17) is 0 Å². The van der Waals surface area contributed by atoms with Gasteiger partial charge in [0.15, 0.2) is 23.1 Å². The largest absolute Gasteiger partial charge is 0.305 e. The van der Waals surface area contributed by atoms with Gasteiger partial charge in [-0.1, -0.05) is 6.07 Å². The summed E-state index contributed by atoms with van der Waals surface area (Å²) < 4.78 is 28.7. The lowest BCUT2D eigenvalue weighted by Crippen LogP contribution is -2.12. The molecule has 0 atom stereocenters. The van der Waals surface area contributed by atoms with Crippen LogP contribution in [-0.2, 0) is 0 Å². The Hall–Kier alpha value is -3.62. The molecule has 9 heteroatoms. The summed E-state index contributed by atoms with van der Waals surface area (Å²) >= 11 is 0. The first-order valence-electron chi connectivity index (χ1n) is 7.22. The first-order chi connectivity index (χ1) is 12.1. The molecule has 0 aliphatic heterocycles. The number of aromatic amines is 1. The second-order valence-electron chi connectivity index (χ2n) is 5.24. The molecule has 4 rings (SSSR count). The van der Waals surface area contributed by atoms with E-state index in [2.05, 4.69) is 25.7 Å². The van der Waals surface area contributed by atoms with Crippen molar-refractivity contribution in [2.75, 3.05) is 5.32 Å². The Labute approximate surface area is 139 Å². The summed E-state index contributed by atoms with van der Waals surface area (Å²) in [6.07, 6.45) is 3.05. The minimum Gasteiger partial charge on any atom is -0.305 e. The van der Waals surface area contributed by atoms with E-state index in [0.717, 1.165) is 6.07 Å².